The second-order valence-electron chi connectivity index (χ2n) is 4.37. The molecule has 2 aromatic heterocycles. The molecule has 0 aromatic carbocycles. The summed E-state index contributed by atoms with van der Waals surface area (Å²) in [4.78, 5) is 14.5. The topological polar surface area (TPSA) is 53.7 Å². The molecule has 0 amide bonds. The first-order valence-corrected chi connectivity index (χ1v) is 7.05. The van der Waals surface area contributed by atoms with Crippen LogP contribution in [0.3, 0.4) is 0 Å². The van der Waals surface area contributed by atoms with Gasteiger partial charge in [0.05, 0.1) is 6.54 Å². The lowest BCUT2D eigenvalue weighted by molar-refractivity contribution is 0.0695. The van der Waals surface area contributed by atoms with Crippen LogP contribution in [0.15, 0.2) is 28.0 Å². The average Bonchev–Trinajstić information content (AvgIpc) is 2.98. The van der Waals surface area contributed by atoms with Gasteiger partial charge >= 0.3 is 5.97 Å². The van der Waals surface area contributed by atoms with Gasteiger partial charge in [-0.25, -0.2) is 4.79 Å². The van der Waals surface area contributed by atoms with Gasteiger partial charge in [0.1, 0.15) is 17.1 Å². The molecule has 0 spiro atoms. The smallest absolute Gasteiger partial charge is 0.339 e. The Labute approximate surface area is 116 Å². The molecule has 0 radical (unpaired) electrons. The summed E-state index contributed by atoms with van der Waals surface area (Å²) in [6.07, 6.45) is 0. The van der Waals surface area contributed by atoms with Crippen molar-refractivity contribution in [2.45, 2.75) is 26.9 Å². The van der Waals surface area contributed by atoms with Crippen molar-refractivity contribution < 1.29 is 14.3 Å². The van der Waals surface area contributed by atoms with Crippen LogP contribution in [0.5, 0.6) is 0 Å². The fraction of sp³-hybridized carbons (Fsp3) is 0.357. The molecule has 1 N–H and O–H groups in total. The zero-order valence-corrected chi connectivity index (χ0v) is 11.9. The fourth-order valence-corrected chi connectivity index (χ4v) is 2.70. The number of hydrogen-bond acceptors (Lipinski definition) is 4. The largest absolute Gasteiger partial charge is 0.478 e. The summed E-state index contributed by atoms with van der Waals surface area (Å²) in [5.74, 6) is 0.233. The maximum atomic E-state index is 11.0. The molecule has 0 saturated carbocycles. The lowest BCUT2D eigenvalue weighted by atomic mass is 10.2. The lowest BCUT2D eigenvalue weighted by Crippen LogP contribution is -2.21. The third kappa shape index (κ3) is 3.45. The van der Waals surface area contributed by atoms with Crippen molar-refractivity contribution in [3.05, 3.63) is 45.5 Å². The van der Waals surface area contributed by atoms with E-state index in [0.29, 0.717) is 18.1 Å². The van der Waals surface area contributed by atoms with Gasteiger partial charge in [-0.2, -0.15) is 0 Å². The van der Waals surface area contributed by atoms with E-state index in [2.05, 4.69) is 23.3 Å². The number of furan rings is 1. The molecule has 19 heavy (non-hydrogen) atoms. The van der Waals surface area contributed by atoms with Crippen LogP contribution >= 0.6 is 11.3 Å². The van der Waals surface area contributed by atoms with Gasteiger partial charge in [-0.05, 0) is 31.0 Å². The van der Waals surface area contributed by atoms with E-state index in [0.717, 1.165) is 13.1 Å². The van der Waals surface area contributed by atoms with E-state index in [1.165, 1.54) is 4.88 Å². The molecule has 0 aliphatic rings. The Morgan fingerprint density at radius 3 is 2.79 bits per heavy atom. The van der Waals surface area contributed by atoms with E-state index in [9.17, 15) is 4.79 Å². The first-order chi connectivity index (χ1) is 9.10. The molecule has 4 nitrogen and oxygen atoms in total. The summed E-state index contributed by atoms with van der Waals surface area (Å²) >= 11 is 1.72. The van der Waals surface area contributed by atoms with Gasteiger partial charge in [-0.15, -0.1) is 11.3 Å². The van der Waals surface area contributed by atoms with E-state index < -0.39 is 5.97 Å². The van der Waals surface area contributed by atoms with Crippen LogP contribution in [0.4, 0.5) is 0 Å². The molecule has 2 heterocycles. The number of carbonyl (C=O) groups is 1. The first kappa shape index (κ1) is 13.8. The highest BCUT2D eigenvalue weighted by atomic mass is 32.1. The quantitative estimate of drug-likeness (QED) is 0.880. The fourth-order valence-electron chi connectivity index (χ4n) is 1.96. The standard InChI is InChI=1S/C14H17NO3S/c1-3-15(9-12-5-4-6-19-12)8-11-7-13(14(16)17)10(2)18-11/h4-7H,3,8-9H2,1-2H3,(H,16,17). The molecule has 0 aliphatic heterocycles. The molecule has 0 saturated heterocycles. The highest BCUT2D eigenvalue weighted by Gasteiger charge is 2.15. The van der Waals surface area contributed by atoms with Crippen LogP contribution in [-0.4, -0.2) is 22.5 Å². The Hall–Kier alpha value is -1.59. The van der Waals surface area contributed by atoms with Crippen molar-refractivity contribution in [3.63, 3.8) is 0 Å². The number of thiophene rings is 1. The first-order valence-electron chi connectivity index (χ1n) is 6.17. The van der Waals surface area contributed by atoms with E-state index >= 15 is 0 Å². The number of hydrogen-bond donors (Lipinski definition) is 1. The van der Waals surface area contributed by atoms with Gasteiger partial charge in [-0.1, -0.05) is 13.0 Å². The monoisotopic (exact) mass is 279 g/mol. The van der Waals surface area contributed by atoms with Gasteiger partial charge in [0, 0.05) is 11.4 Å². The van der Waals surface area contributed by atoms with Crippen LogP contribution in [0.1, 0.15) is 33.7 Å². The molecule has 0 bridgehead atoms. The van der Waals surface area contributed by atoms with Crippen LogP contribution in [0.25, 0.3) is 0 Å². The van der Waals surface area contributed by atoms with Crippen molar-refractivity contribution in [1.29, 1.82) is 0 Å². The number of aromatic carboxylic acids is 1. The summed E-state index contributed by atoms with van der Waals surface area (Å²) in [7, 11) is 0. The molecular formula is C14H17NO3S. The molecular weight excluding hydrogens is 262 g/mol. The minimum absolute atomic E-state index is 0.252. The molecule has 2 aromatic rings. The van der Waals surface area contributed by atoms with Crippen LogP contribution in [-0.2, 0) is 13.1 Å². The zero-order valence-electron chi connectivity index (χ0n) is 11.0. The Morgan fingerprint density at radius 1 is 1.47 bits per heavy atom. The predicted octanol–water partition coefficient (Wildman–Crippen LogP) is 3.37. The van der Waals surface area contributed by atoms with Gasteiger partial charge < -0.3 is 9.52 Å². The molecule has 0 unspecified atom stereocenters. The summed E-state index contributed by atoms with van der Waals surface area (Å²) in [6.45, 7) is 6.14. The second kappa shape index (κ2) is 6.04. The van der Waals surface area contributed by atoms with Crippen LogP contribution < -0.4 is 0 Å². The number of aryl methyl sites for hydroxylation is 1. The molecule has 2 rings (SSSR count). The summed E-state index contributed by atoms with van der Waals surface area (Å²) in [5.41, 5.74) is 0.252. The van der Waals surface area contributed by atoms with E-state index in [1.54, 1.807) is 24.3 Å². The third-order valence-electron chi connectivity index (χ3n) is 2.99. The van der Waals surface area contributed by atoms with Gasteiger partial charge in [0.15, 0.2) is 0 Å². The van der Waals surface area contributed by atoms with Crippen molar-refractivity contribution in [1.82, 2.24) is 4.90 Å². The Morgan fingerprint density at radius 2 is 2.26 bits per heavy atom. The molecule has 0 atom stereocenters. The van der Waals surface area contributed by atoms with E-state index in [1.807, 2.05) is 6.07 Å². The number of rotatable bonds is 6. The Kier molecular flexibility index (Phi) is 4.39. The molecule has 0 fully saturated rings. The van der Waals surface area contributed by atoms with Gasteiger partial charge in [-0.3, -0.25) is 4.90 Å². The third-order valence-corrected chi connectivity index (χ3v) is 3.85. The second-order valence-corrected chi connectivity index (χ2v) is 5.40. The predicted molar refractivity (Wildman–Crippen MR) is 74.5 cm³/mol. The number of carboxylic acids is 1. The summed E-state index contributed by atoms with van der Waals surface area (Å²) < 4.78 is 5.51. The maximum absolute atomic E-state index is 11.0. The highest BCUT2D eigenvalue weighted by Crippen LogP contribution is 2.18. The highest BCUT2D eigenvalue weighted by molar-refractivity contribution is 7.09. The van der Waals surface area contributed by atoms with Crippen molar-refractivity contribution in [3.8, 4) is 0 Å². The Bertz CT molecular complexity index is 545. The SMILES string of the molecule is CCN(Cc1cc(C(=O)O)c(C)o1)Cc1cccs1. The van der Waals surface area contributed by atoms with E-state index in [-0.39, 0.29) is 5.56 Å². The zero-order chi connectivity index (χ0) is 13.8. The minimum Gasteiger partial charge on any atom is -0.478 e. The molecule has 0 aliphatic carbocycles. The maximum Gasteiger partial charge on any atom is 0.339 e. The minimum atomic E-state index is -0.936. The van der Waals surface area contributed by atoms with Crippen LogP contribution in [0.2, 0.25) is 0 Å². The molecule has 102 valence electrons. The van der Waals surface area contributed by atoms with Crippen molar-refractivity contribution in [2.24, 2.45) is 0 Å². The van der Waals surface area contributed by atoms with Gasteiger partial charge in [0.2, 0.25) is 0 Å². The summed E-state index contributed by atoms with van der Waals surface area (Å²) in [5, 5.41) is 11.1. The van der Waals surface area contributed by atoms with Gasteiger partial charge in [0.25, 0.3) is 0 Å². The molecule has 5 heteroatoms. The number of nitrogens with zero attached hydrogens (tertiary/aromatic N) is 1. The summed E-state index contributed by atoms with van der Waals surface area (Å²) in [6, 6.07) is 5.76. The normalized spacial score (nSPS) is 11.1. The van der Waals surface area contributed by atoms with Crippen molar-refractivity contribution >= 4 is 17.3 Å². The average molecular weight is 279 g/mol. The lowest BCUT2D eigenvalue weighted by Gasteiger charge is -2.17. The Balaban J connectivity index is 2.06. The van der Waals surface area contributed by atoms with Crippen LogP contribution in [0, 0.1) is 6.92 Å². The van der Waals surface area contributed by atoms with E-state index in [4.69, 9.17) is 9.52 Å². The number of carboxylic acid groups (broad SMARTS) is 1. The van der Waals surface area contributed by atoms with Crippen molar-refractivity contribution in [2.75, 3.05) is 6.54 Å².